The van der Waals surface area contributed by atoms with Gasteiger partial charge in [-0.1, -0.05) is 11.3 Å². The van der Waals surface area contributed by atoms with Crippen molar-refractivity contribution in [2.24, 2.45) is 4.99 Å². The lowest BCUT2D eigenvalue weighted by Crippen LogP contribution is -2.19. The van der Waals surface area contributed by atoms with Crippen LogP contribution >= 0.6 is 23.1 Å². The highest BCUT2D eigenvalue weighted by molar-refractivity contribution is 7.98. The van der Waals surface area contributed by atoms with Crippen LogP contribution in [0, 0.1) is 0 Å². The van der Waals surface area contributed by atoms with E-state index in [0.717, 1.165) is 22.5 Å². The smallest absolute Gasteiger partial charge is 0.338 e. The molecular weight excluding hydrogens is 396 g/mol. The Kier molecular flexibility index (Phi) is 6.69. The third-order valence-corrected chi connectivity index (χ3v) is 5.78. The van der Waals surface area contributed by atoms with Crippen LogP contribution in [0.15, 0.2) is 35.5 Å². The molecule has 1 aromatic carbocycles. The predicted molar refractivity (Wildman–Crippen MR) is 112 cm³/mol. The zero-order valence-corrected chi connectivity index (χ0v) is 17.7. The number of rotatable bonds is 7. The van der Waals surface area contributed by atoms with Crippen LogP contribution in [-0.2, 0) is 17.8 Å². The molecule has 0 atom stereocenters. The van der Waals surface area contributed by atoms with Crippen LogP contribution in [0.3, 0.4) is 0 Å². The van der Waals surface area contributed by atoms with Crippen LogP contribution in [0.1, 0.15) is 34.7 Å². The minimum atomic E-state index is -0.352. The fourth-order valence-electron chi connectivity index (χ4n) is 2.81. The molecule has 28 heavy (non-hydrogen) atoms. The molecule has 0 radical (unpaired) electrons. The molecule has 0 spiro atoms. The van der Waals surface area contributed by atoms with Crippen molar-refractivity contribution in [2.45, 2.75) is 26.9 Å². The quantitative estimate of drug-likeness (QED) is 0.551. The van der Waals surface area contributed by atoms with E-state index in [1.165, 1.54) is 11.3 Å². The van der Waals surface area contributed by atoms with Gasteiger partial charge in [-0.15, -0.1) is 0 Å². The summed E-state index contributed by atoms with van der Waals surface area (Å²) >= 11 is 3.12. The highest BCUT2D eigenvalue weighted by Gasteiger charge is 2.14. The van der Waals surface area contributed by atoms with Crippen molar-refractivity contribution in [1.29, 1.82) is 0 Å². The topological polar surface area (TPSA) is 78.5 Å². The summed E-state index contributed by atoms with van der Waals surface area (Å²) in [5.74, 6) is 0.212. The molecule has 3 aromatic rings. The number of aromatic nitrogens is 3. The lowest BCUT2D eigenvalue weighted by Gasteiger charge is -2.05. The number of hydrogen-bond acceptors (Lipinski definition) is 6. The largest absolute Gasteiger partial charge is 0.462 e. The lowest BCUT2D eigenvalue weighted by atomic mass is 10.2. The third-order valence-electron chi connectivity index (χ3n) is 4.15. The van der Waals surface area contributed by atoms with Gasteiger partial charge < -0.3 is 9.30 Å². The fourth-order valence-corrected chi connectivity index (χ4v) is 4.27. The molecule has 0 saturated heterocycles. The van der Waals surface area contributed by atoms with Crippen molar-refractivity contribution in [1.82, 2.24) is 14.3 Å². The first-order valence-corrected chi connectivity index (χ1v) is 11.2. The summed E-state index contributed by atoms with van der Waals surface area (Å²) in [6, 6.07) is 7.11. The first-order valence-electron chi connectivity index (χ1n) is 8.99. The number of fused-ring (bicyclic) bond motifs is 1. The van der Waals surface area contributed by atoms with Gasteiger partial charge in [-0.3, -0.25) is 9.48 Å². The van der Waals surface area contributed by atoms with Gasteiger partial charge >= 0.3 is 5.97 Å². The highest BCUT2D eigenvalue weighted by atomic mass is 32.2. The fraction of sp³-hybridized carbons (Fsp3) is 0.368. The number of esters is 1. The number of nitrogens with zero attached hydrogens (tertiary/aromatic N) is 4. The second-order valence-corrected chi connectivity index (χ2v) is 7.88. The van der Waals surface area contributed by atoms with Crippen LogP contribution in [0.5, 0.6) is 0 Å². The highest BCUT2D eigenvalue weighted by Crippen LogP contribution is 2.20. The summed E-state index contributed by atoms with van der Waals surface area (Å²) in [4.78, 5) is 29.7. The van der Waals surface area contributed by atoms with Crippen molar-refractivity contribution >= 4 is 45.2 Å². The Morgan fingerprint density at radius 1 is 1.29 bits per heavy atom. The van der Waals surface area contributed by atoms with Gasteiger partial charge in [0.15, 0.2) is 4.80 Å². The first-order chi connectivity index (χ1) is 13.6. The molecule has 0 aliphatic carbocycles. The molecule has 0 unspecified atom stereocenters. The van der Waals surface area contributed by atoms with E-state index in [1.54, 1.807) is 47.8 Å². The average molecular weight is 419 g/mol. The van der Waals surface area contributed by atoms with Crippen molar-refractivity contribution in [3.63, 3.8) is 0 Å². The number of carbonyl (C=O) groups is 2. The first kappa shape index (κ1) is 20.3. The maximum atomic E-state index is 12.7. The lowest BCUT2D eigenvalue weighted by molar-refractivity contribution is 0.0526. The number of hydrogen-bond donors (Lipinski definition) is 0. The maximum absolute atomic E-state index is 12.7. The molecule has 0 fully saturated rings. The molecule has 0 N–H and O–H groups in total. The van der Waals surface area contributed by atoms with E-state index in [2.05, 4.69) is 10.1 Å². The average Bonchev–Trinajstić information content (AvgIpc) is 3.30. The SMILES string of the molecule is CCOC(=O)c1ccc2c(c1)sc(=NC(=O)c1ccnn1CC)n2CCSC. The van der Waals surface area contributed by atoms with E-state index in [1.807, 2.05) is 23.8 Å². The molecule has 2 heterocycles. The van der Waals surface area contributed by atoms with Crippen molar-refractivity contribution in [3.05, 3.63) is 46.5 Å². The zero-order chi connectivity index (χ0) is 20.1. The van der Waals surface area contributed by atoms with Crippen LogP contribution < -0.4 is 4.80 Å². The molecule has 2 aromatic heterocycles. The van der Waals surface area contributed by atoms with E-state index >= 15 is 0 Å². The molecule has 0 aliphatic heterocycles. The minimum absolute atomic E-state index is 0.325. The number of thiazole rings is 1. The molecule has 0 bridgehead atoms. The molecule has 0 saturated carbocycles. The molecule has 0 aliphatic rings. The van der Waals surface area contributed by atoms with Crippen molar-refractivity contribution < 1.29 is 14.3 Å². The Bertz CT molecular complexity index is 1060. The normalized spacial score (nSPS) is 11.9. The predicted octanol–water partition coefficient (Wildman–Crippen LogP) is 3.20. The summed E-state index contributed by atoms with van der Waals surface area (Å²) in [6.07, 6.45) is 3.64. The number of benzene rings is 1. The van der Waals surface area contributed by atoms with E-state index in [-0.39, 0.29) is 11.9 Å². The molecule has 1 amide bonds. The van der Waals surface area contributed by atoms with Gasteiger partial charge in [-0.25, -0.2) is 4.79 Å². The summed E-state index contributed by atoms with van der Waals surface area (Å²) < 4.78 is 9.63. The van der Waals surface area contributed by atoms with Gasteiger partial charge in [0.05, 0.1) is 22.4 Å². The minimum Gasteiger partial charge on any atom is -0.462 e. The monoisotopic (exact) mass is 418 g/mol. The Labute approximate surface area is 171 Å². The van der Waals surface area contributed by atoms with Gasteiger partial charge in [-0.2, -0.15) is 21.9 Å². The second kappa shape index (κ2) is 9.20. The van der Waals surface area contributed by atoms with E-state index in [0.29, 0.717) is 29.2 Å². The van der Waals surface area contributed by atoms with Gasteiger partial charge in [-0.05, 0) is 44.4 Å². The van der Waals surface area contributed by atoms with E-state index in [4.69, 9.17) is 4.74 Å². The summed E-state index contributed by atoms with van der Waals surface area (Å²) in [7, 11) is 0. The van der Waals surface area contributed by atoms with Crippen LogP contribution in [0.25, 0.3) is 10.2 Å². The molecule has 9 heteroatoms. The summed E-state index contributed by atoms with van der Waals surface area (Å²) in [5, 5.41) is 4.14. The second-order valence-electron chi connectivity index (χ2n) is 5.88. The third kappa shape index (κ3) is 4.20. The van der Waals surface area contributed by atoms with Crippen molar-refractivity contribution in [3.8, 4) is 0 Å². The number of carbonyl (C=O) groups excluding carboxylic acids is 2. The van der Waals surface area contributed by atoms with Crippen LogP contribution in [0.2, 0.25) is 0 Å². The number of amides is 1. The maximum Gasteiger partial charge on any atom is 0.338 e. The van der Waals surface area contributed by atoms with Gasteiger partial charge in [0, 0.05) is 25.0 Å². The molecule has 148 valence electrons. The van der Waals surface area contributed by atoms with Crippen molar-refractivity contribution in [2.75, 3.05) is 18.6 Å². The van der Waals surface area contributed by atoms with Gasteiger partial charge in [0.25, 0.3) is 5.91 Å². The Morgan fingerprint density at radius 3 is 2.82 bits per heavy atom. The van der Waals surface area contributed by atoms with Crippen LogP contribution in [0.4, 0.5) is 0 Å². The number of aryl methyl sites for hydroxylation is 2. The summed E-state index contributed by atoms with van der Waals surface area (Å²) in [5.41, 5.74) is 1.90. The number of thioether (sulfide) groups is 1. The zero-order valence-electron chi connectivity index (χ0n) is 16.0. The van der Waals surface area contributed by atoms with E-state index < -0.39 is 0 Å². The molecule has 7 nitrogen and oxygen atoms in total. The Hall–Kier alpha value is -2.39. The van der Waals surface area contributed by atoms with Crippen LogP contribution in [-0.4, -0.2) is 44.8 Å². The van der Waals surface area contributed by atoms with E-state index in [9.17, 15) is 9.59 Å². The Balaban J connectivity index is 2.09. The Morgan fingerprint density at radius 2 is 2.11 bits per heavy atom. The van der Waals surface area contributed by atoms with Gasteiger partial charge in [0.2, 0.25) is 0 Å². The number of ether oxygens (including phenoxy) is 1. The standard InChI is InChI=1S/C19H22N4O3S2/c1-4-23-15(8-9-20-23)17(24)21-19-22(10-11-27-3)14-7-6-13(12-16(14)28-19)18(25)26-5-2/h6-9,12H,4-5,10-11H2,1-3H3. The molecule has 3 rings (SSSR count). The molecular formula is C19H22N4O3S2. The summed E-state index contributed by atoms with van der Waals surface area (Å²) in [6.45, 7) is 5.36. The van der Waals surface area contributed by atoms with Gasteiger partial charge in [0.1, 0.15) is 5.69 Å².